The first-order valence-corrected chi connectivity index (χ1v) is 6.25. The van der Waals surface area contributed by atoms with E-state index in [0.29, 0.717) is 6.04 Å². The Hall–Kier alpha value is -0.120. The van der Waals surface area contributed by atoms with Crippen LogP contribution in [0.3, 0.4) is 0 Å². The third kappa shape index (κ3) is 4.09. The molecule has 1 aliphatic heterocycles. The van der Waals surface area contributed by atoms with E-state index in [2.05, 4.69) is 24.1 Å². The lowest BCUT2D eigenvalue weighted by molar-refractivity contribution is 0.0910. The van der Waals surface area contributed by atoms with Crippen molar-refractivity contribution in [1.82, 2.24) is 10.2 Å². The van der Waals surface area contributed by atoms with Gasteiger partial charge in [0, 0.05) is 25.7 Å². The fraction of sp³-hybridized carbons (Fsp3) is 1.00. The van der Waals surface area contributed by atoms with Crippen molar-refractivity contribution in [3.63, 3.8) is 0 Å². The molecule has 15 heavy (non-hydrogen) atoms. The summed E-state index contributed by atoms with van der Waals surface area (Å²) in [6, 6.07) is 1.28. The van der Waals surface area contributed by atoms with E-state index < -0.39 is 0 Å². The van der Waals surface area contributed by atoms with E-state index >= 15 is 0 Å². The number of hydrogen-bond donors (Lipinski definition) is 1. The van der Waals surface area contributed by atoms with Crippen LogP contribution >= 0.6 is 0 Å². The van der Waals surface area contributed by atoms with Gasteiger partial charge in [-0.3, -0.25) is 4.90 Å². The molecule has 1 rings (SSSR count). The molecule has 3 nitrogen and oxygen atoms in total. The van der Waals surface area contributed by atoms with Gasteiger partial charge >= 0.3 is 0 Å². The average molecular weight is 214 g/mol. The van der Waals surface area contributed by atoms with Gasteiger partial charge in [-0.15, -0.1) is 0 Å². The molecule has 1 N–H and O–H groups in total. The van der Waals surface area contributed by atoms with Gasteiger partial charge in [0.2, 0.25) is 0 Å². The molecule has 0 aromatic carbocycles. The summed E-state index contributed by atoms with van der Waals surface area (Å²) in [6.07, 6.45) is 3.90. The Labute approximate surface area is 94.2 Å². The Morgan fingerprint density at radius 1 is 1.53 bits per heavy atom. The Bertz CT molecular complexity index is 164. The zero-order valence-corrected chi connectivity index (χ0v) is 10.5. The normalized spacial score (nSPS) is 24.6. The third-order valence-corrected chi connectivity index (χ3v) is 3.20. The lowest BCUT2D eigenvalue weighted by Crippen LogP contribution is -2.44. The molecule has 0 aromatic rings. The van der Waals surface area contributed by atoms with Crippen LogP contribution in [0.5, 0.6) is 0 Å². The van der Waals surface area contributed by atoms with E-state index in [1.54, 1.807) is 7.11 Å². The molecular weight excluding hydrogens is 188 g/mol. The Morgan fingerprint density at radius 3 is 3.00 bits per heavy atom. The van der Waals surface area contributed by atoms with Gasteiger partial charge in [-0.2, -0.15) is 0 Å². The zero-order chi connectivity index (χ0) is 11.1. The second-order valence-corrected chi connectivity index (χ2v) is 4.54. The number of methoxy groups -OCH3 is 1. The summed E-state index contributed by atoms with van der Waals surface area (Å²) in [7, 11) is 1.79. The van der Waals surface area contributed by atoms with Crippen LogP contribution in [0.1, 0.15) is 33.1 Å². The van der Waals surface area contributed by atoms with Crippen molar-refractivity contribution in [1.29, 1.82) is 0 Å². The lowest BCUT2D eigenvalue weighted by atomic mass is 10.2. The second kappa shape index (κ2) is 7.20. The molecule has 0 amide bonds. The second-order valence-electron chi connectivity index (χ2n) is 4.54. The molecule has 0 spiro atoms. The van der Waals surface area contributed by atoms with Gasteiger partial charge in [-0.25, -0.2) is 0 Å². The minimum atomic E-state index is 0.561. The highest BCUT2D eigenvalue weighted by molar-refractivity contribution is 4.84. The van der Waals surface area contributed by atoms with Crippen molar-refractivity contribution in [3.8, 4) is 0 Å². The van der Waals surface area contributed by atoms with E-state index in [1.165, 1.54) is 25.8 Å². The van der Waals surface area contributed by atoms with E-state index in [9.17, 15) is 0 Å². The number of rotatable bonds is 7. The highest BCUT2D eigenvalue weighted by Gasteiger charge is 2.27. The van der Waals surface area contributed by atoms with Crippen molar-refractivity contribution in [2.75, 3.05) is 33.4 Å². The molecule has 3 heteroatoms. The first kappa shape index (κ1) is 12.9. The Balaban J connectivity index is 2.28. The summed E-state index contributed by atoms with van der Waals surface area (Å²) in [5, 5.41) is 3.52. The van der Waals surface area contributed by atoms with Gasteiger partial charge in [0.1, 0.15) is 0 Å². The van der Waals surface area contributed by atoms with Crippen molar-refractivity contribution in [2.24, 2.45) is 0 Å². The predicted octanol–water partition coefficient (Wildman–Crippen LogP) is 1.49. The van der Waals surface area contributed by atoms with Crippen molar-refractivity contribution >= 4 is 0 Å². The molecule has 1 fully saturated rings. The largest absolute Gasteiger partial charge is 0.383 e. The summed E-state index contributed by atoms with van der Waals surface area (Å²) >= 11 is 0. The van der Waals surface area contributed by atoms with Crippen LogP contribution in [-0.4, -0.2) is 50.3 Å². The number of likely N-dealkylation sites (tertiary alicyclic amines) is 1. The van der Waals surface area contributed by atoms with Crippen LogP contribution in [0.15, 0.2) is 0 Å². The number of nitrogens with zero attached hydrogens (tertiary/aromatic N) is 1. The summed E-state index contributed by atoms with van der Waals surface area (Å²) < 4.78 is 5.23. The van der Waals surface area contributed by atoms with Crippen LogP contribution in [-0.2, 0) is 4.74 Å². The molecule has 0 aliphatic carbocycles. The molecule has 0 aromatic heterocycles. The summed E-state index contributed by atoms with van der Waals surface area (Å²) in [4.78, 5) is 2.59. The summed E-state index contributed by atoms with van der Waals surface area (Å²) in [5.41, 5.74) is 0. The Morgan fingerprint density at radius 2 is 2.33 bits per heavy atom. The maximum Gasteiger partial charge on any atom is 0.0615 e. The average Bonchev–Trinajstić information content (AvgIpc) is 2.67. The fourth-order valence-electron chi connectivity index (χ4n) is 2.44. The van der Waals surface area contributed by atoms with Crippen molar-refractivity contribution in [3.05, 3.63) is 0 Å². The number of ether oxygens (including phenoxy) is 1. The van der Waals surface area contributed by atoms with E-state index in [4.69, 9.17) is 4.74 Å². The maximum absolute atomic E-state index is 5.23. The Kier molecular flexibility index (Phi) is 6.22. The van der Waals surface area contributed by atoms with Gasteiger partial charge < -0.3 is 10.1 Å². The predicted molar refractivity (Wildman–Crippen MR) is 64.2 cm³/mol. The highest BCUT2D eigenvalue weighted by atomic mass is 16.5. The monoisotopic (exact) mass is 214 g/mol. The number of nitrogens with one attached hydrogen (secondary N) is 1. The van der Waals surface area contributed by atoms with Crippen LogP contribution in [0.4, 0.5) is 0 Å². The smallest absolute Gasteiger partial charge is 0.0615 e. The van der Waals surface area contributed by atoms with Crippen LogP contribution in [0.2, 0.25) is 0 Å². The van der Waals surface area contributed by atoms with Gasteiger partial charge in [0.15, 0.2) is 0 Å². The quantitative estimate of drug-likeness (QED) is 0.650. The van der Waals surface area contributed by atoms with Gasteiger partial charge in [0.25, 0.3) is 0 Å². The van der Waals surface area contributed by atoms with Crippen LogP contribution in [0, 0.1) is 0 Å². The highest BCUT2D eigenvalue weighted by Crippen LogP contribution is 2.19. The summed E-state index contributed by atoms with van der Waals surface area (Å²) in [5.74, 6) is 0. The molecule has 2 unspecified atom stereocenters. The van der Waals surface area contributed by atoms with Crippen LogP contribution < -0.4 is 5.32 Å². The van der Waals surface area contributed by atoms with Gasteiger partial charge in [-0.1, -0.05) is 6.92 Å². The number of hydrogen-bond acceptors (Lipinski definition) is 3. The van der Waals surface area contributed by atoms with E-state index in [-0.39, 0.29) is 0 Å². The molecule has 0 saturated carbocycles. The minimum Gasteiger partial charge on any atom is -0.383 e. The minimum absolute atomic E-state index is 0.561. The van der Waals surface area contributed by atoms with Gasteiger partial charge in [-0.05, 0) is 39.3 Å². The molecular formula is C12H26N2O. The zero-order valence-electron chi connectivity index (χ0n) is 10.5. The molecule has 1 aliphatic rings. The molecule has 1 heterocycles. The molecule has 90 valence electrons. The maximum atomic E-state index is 5.23. The van der Waals surface area contributed by atoms with Crippen molar-refractivity contribution in [2.45, 2.75) is 45.2 Å². The molecule has 2 atom stereocenters. The molecule has 1 saturated heterocycles. The topological polar surface area (TPSA) is 24.5 Å². The third-order valence-electron chi connectivity index (χ3n) is 3.20. The molecule has 0 bridgehead atoms. The van der Waals surface area contributed by atoms with E-state index in [0.717, 1.165) is 25.7 Å². The van der Waals surface area contributed by atoms with Crippen molar-refractivity contribution < 1.29 is 4.74 Å². The summed E-state index contributed by atoms with van der Waals surface area (Å²) in [6.45, 7) is 8.85. The first-order valence-electron chi connectivity index (χ1n) is 6.25. The van der Waals surface area contributed by atoms with E-state index in [1.807, 2.05) is 0 Å². The fourth-order valence-corrected chi connectivity index (χ4v) is 2.44. The van der Waals surface area contributed by atoms with Gasteiger partial charge in [0.05, 0.1) is 6.61 Å². The first-order chi connectivity index (χ1) is 7.29. The van der Waals surface area contributed by atoms with Crippen LogP contribution in [0.25, 0.3) is 0 Å². The SMILES string of the molecule is CCCNCC1CCCN1C(C)COC. The molecule has 0 radical (unpaired) electrons. The standard InChI is InChI=1S/C12H26N2O/c1-4-7-13-9-12-6-5-8-14(12)11(2)10-15-3/h11-13H,4-10H2,1-3H3. The lowest BCUT2D eigenvalue weighted by Gasteiger charge is -2.30.